The van der Waals surface area contributed by atoms with Crippen molar-refractivity contribution in [3.8, 4) is 0 Å². The Morgan fingerprint density at radius 3 is 2.55 bits per heavy atom. The molecule has 0 fully saturated rings. The average Bonchev–Trinajstić information content (AvgIpc) is 2.36. The highest BCUT2D eigenvalue weighted by Crippen LogP contribution is 2.23. The van der Waals surface area contributed by atoms with E-state index in [2.05, 4.69) is 0 Å². The molecule has 1 aromatic carbocycles. The van der Waals surface area contributed by atoms with Gasteiger partial charge in [-0.15, -0.1) is 0 Å². The quantitative estimate of drug-likeness (QED) is 0.556. The molecule has 20 heavy (non-hydrogen) atoms. The Morgan fingerprint density at radius 1 is 1.45 bits per heavy atom. The second-order valence-electron chi connectivity index (χ2n) is 4.14. The molecule has 0 aliphatic carbocycles. The molecule has 0 aromatic heterocycles. The number of carbonyl (C=O) groups is 2. The number of nitrogens with two attached hydrogens (primary N) is 1. The number of hydrogen-bond acceptors (Lipinski definition) is 5. The van der Waals surface area contributed by atoms with Crippen LogP contribution in [0, 0.1) is 10.1 Å². The van der Waals surface area contributed by atoms with Gasteiger partial charge in [-0.3, -0.25) is 19.8 Å². The Labute approximate surface area is 114 Å². The van der Waals surface area contributed by atoms with E-state index in [1.807, 2.05) is 0 Å². The lowest BCUT2D eigenvalue weighted by Crippen LogP contribution is -2.33. The number of likely N-dealkylation sites (N-methyl/N-ethyl adjacent to an activating group) is 1. The van der Waals surface area contributed by atoms with E-state index in [0.29, 0.717) is 6.54 Å². The Morgan fingerprint density at radius 2 is 2.10 bits per heavy atom. The summed E-state index contributed by atoms with van der Waals surface area (Å²) in [7, 11) is 0. The normalized spacial score (nSPS) is 10.5. The summed E-state index contributed by atoms with van der Waals surface area (Å²) in [5.74, 6) is -1.92. The van der Waals surface area contributed by atoms with Crippen molar-refractivity contribution in [2.45, 2.75) is 13.5 Å². The Hall–Kier alpha value is -2.48. The van der Waals surface area contributed by atoms with Gasteiger partial charge < -0.3 is 10.8 Å². The van der Waals surface area contributed by atoms with Crippen molar-refractivity contribution in [2.75, 3.05) is 13.1 Å². The van der Waals surface area contributed by atoms with E-state index < -0.39 is 22.5 Å². The third-order valence-electron chi connectivity index (χ3n) is 2.76. The number of benzene rings is 1. The van der Waals surface area contributed by atoms with Gasteiger partial charge in [-0.1, -0.05) is 19.1 Å². The maximum Gasteiger partial charge on any atom is 0.343 e. The van der Waals surface area contributed by atoms with Gasteiger partial charge in [-0.05, 0) is 12.1 Å². The number of amides is 1. The molecule has 0 unspecified atom stereocenters. The molecular formula is C12H15N3O5. The summed E-state index contributed by atoms with van der Waals surface area (Å²) in [4.78, 5) is 33.9. The highest BCUT2D eigenvalue weighted by atomic mass is 16.6. The van der Waals surface area contributed by atoms with Gasteiger partial charge in [0.2, 0.25) is 5.91 Å². The number of primary amides is 1. The fourth-order valence-electron chi connectivity index (χ4n) is 1.86. The topological polar surface area (TPSA) is 127 Å². The van der Waals surface area contributed by atoms with Crippen molar-refractivity contribution in [3.05, 3.63) is 39.4 Å². The van der Waals surface area contributed by atoms with Crippen LogP contribution in [0.5, 0.6) is 0 Å². The SMILES string of the molecule is CCN(CC(N)=O)Cc1cccc([N+](=O)[O-])c1C(=O)O. The van der Waals surface area contributed by atoms with Crippen LogP contribution in [-0.2, 0) is 11.3 Å². The molecule has 0 atom stereocenters. The molecule has 0 bridgehead atoms. The van der Waals surface area contributed by atoms with Crippen LogP contribution in [-0.4, -0.2) is 39.9 Å². The van der Waals surface area contributed by atoms with Gasteiger partial charge in [0.15, 0.2) is 0 Å². The highest BCUT2D eigenvalue weighted by molar-refractivity contribution is 5.94. The van der Waals surface area contributed by atoms with Crippen LogP contribution in [0.15, 0.2) is 18.2 Å². The molecule has 0 saturated carbocycles. The first-order valence-electron chi connectivity index (χ1n) is 5.87. The summed E-state index contributed by atoms with van der Waals surface area (Å²) < 4.78 is 0. The standard InChI is InChI=1S/C12H15N3O5/c1-2-14(7-10(13)16)6-8-4-3-5-9(15(19)20)11(8)12(17)18/h3-5H,2,6-7H2,1H3,(H2,13,16)(H,17,18). The summed E-state index contributed by atoms with van der Waals surface area (Å²) in [6, 6.07) is 4.04. The molecule has 1 amide bonds. The van der Waals surface area contributed by atoms with Gasteiger partial charge in [-0.25, -0.2) is 4.79 Å². The molecule has 0 aliphatic rings. The van der Waals surface area contributed by atoms with Crippen LogP contribution in [0.1, 0.15) is 22.8 Å². The molecule has 0 saturated heterocycles. The minimum Gasteiger partial charge on any atom is -0.477 e. The highest BCUT2D eigenvalue weighted by Gasteiger charge is 2.24. The minimum atomic E-state index is -1.37. The zero-order valence-corrected chi connectivity index (χ0v) is 10.9. The Balaban J connectivity index is 3.17. The third-order valence-corrected chi connectivity index (χ3v) is 2.76. The van der Waals surface area contributed by atoms with Crippen LogP contribution in [0.3, 0.4) is 0 Å². The van der Waals surface area contributed by atoms with E-state index in [-0.39, 0.29) is 24.2 Å². The lowest BCUT2D eigenvalue weighted by atomic mass is 10.0. The van der Waals surface area contributed by atoms with E-state index in [9.17, 15) is 19.7 Å². The molecule has 8 heteroatoms. The first-order chi connectivity index (χ1) is 9.36. The average molecular weight is 281 g/mol. The van der Waals surface area contributed by atoms with Crippen molar-refractivity contribution >= 4 is 17.6 Å². The van der Waals surface area contributed by atoms with E-state index in [4.69, 9.17) is 10.8 Å². The number of nitrogens with zero attached hydrogens (tertiary/aromatic N) is 2. The number of aromatic carboxylic acids is 1. The van der Waals surface area contributed by atoms with Crippen molar-refractivity contribution in [3.63, 3.8) is 0 Å². The van der Waals surface area contributed by atoms with Gasteiger partial charge in [0.25, 0.3) is 5.69 Å². The van der Waals surface area contributed by atoms with Gasteiger partial charge in [0.1, 0.15) is 5.56 Å². The second kappa shape index (κ2) is 6.62. The molecule has 3 N–H and O–H groups in total. The Bertz CT molecular complexity index is 544. The lowest BCUT2D eigenvalue weighted by molar-refractivity contribution is -0.385. The summed E-state index contributed by atoms with van der Waals surface area (Å²) in [6.07, 6.45) is 0. The molecule has 1 aromatic rings. The number of rotatable bonds is 7. The van der Waals surface area contributed by atoms with Crippen molar-refractivity contribution in [2.24, 2.45) is 5.73 Å². The predicted molar refractivity (Wildman–Crippen MR) is 70.2 cm³/mol. The Kier molecular flexibility index (Phi) is 5.15. The molecule has 8 nitrogen and oxygen atoms in total. The van der Waals surface area contributed by atoms with Gasteiger partial charge in [0, 0.05) is 12.6 Å². The molecule has 1 rings (SSSR count). The number of carboxylic acids is 1. The zero-order valence-electron chi connectivity index (χ0n) is 10.9. The van der Waals surface area contributed by atoms with Crippen LogP contribution >= 0.6 is 0 Å². The fraction of sp³-hybridized carbons (Fsp3) is 0.333. The summed E-state index contributed by atoms with van der Waals surface area (Å²) >= 11 is 0. The monoisotopic (exact) mass is 281 g/mol. The maximum atomic E-state index is 11.2. The lowest BCUT2D eigenvalue weighted by Gasteiger charge is -2.19. The smallest absolute Gasteiger partial charge is 0.343 e. The van der Waals surface area contributed by atoms with E-state index in [1.54, 1.807) is 11.8 Å². The fourth-order valence-corrected chi connectivity index (χ4v) is 1.86. The molecular weight excluding hydrogens is 266 g/mol. The van der Waals surface area contributed by atoms with Gasteiger partial charge in [-0.2, -0.15) is 0 Å². The summed E-state index contributed by atoms with van der Waals surface area (Å²) in [6.45, 7) is 2.30. The number of nitro groups is 1. The second-order valence-corrected chi connectivity index (χ2v) is 4.14. The van der Waals surface area contributed by atoms with Gasteiger partial charge in [0.05, 0.1) is 11.5 Å². The first kappa shape index (κ1) is 15.6. The van der Waals surface area contributed by atoms with Crippen molar-refractivity contribution in [1.82, 2.24) is 4.90 Å². The number of carbonyl (C=O) groups excluding carboxylic acids is 1. The van der Waals surface area contributed by atoms with E-state index >= 15 is 0 Å². The summed E-state index contributed by atoms with van der Waals surface area (Å²) in [5, 5.41) is 20.0. The third kappa shape index (κ3) is 3.75. The summed E-state index contributed by atoms with van der Waals surface area (Å²) in [5.41, 5.74) is 4.54. The number of nitro benzene ring substituents is 1. The minimum absolute atomic E-state index is 0.0434. The van der Waals surface area contributed by atoms with Crippen LogP contribution in [0.25, 0.3) is 0 Å². The van der Waals surface area contributed by atoms with Crippen LogP contribution < -0.4 is 5.73 Å². The van der Waals surface area contributed by atoms with E-state index in [1.165, 1.54) is 12.1 Å². The first-order valence-corrected chi connectivity index (χ1v) is 5.87. The molecule has 0 aliphatic heterocycles. The molecule has 0 radical (unpaired) electrons. The van der Waals surface area contributed by atoms with Crippen molar-refractivity contribution in [1.29, 1.82) is 0 Å². The number of hydrogen-bond donors (Lipinski definition) is 2. The number of carboxylic acid groups (broad SMARTS) is 1. The maximum absolute atomic E-state index is 11.2. The van der Waals surface area contributed by atoms with Crippen LogP contribution in [0.4, 0.5) is 5.69 Å². The molecule has 0 spiro atoms. The molecule has 108 valence electrons. The zero-order chi connectivity index (χ0) is 15.3. The predicted octanol–water partition coefficient (Wildman–Crippen LogP) is 0.600. The molecule has 0 heterocycles. The van der Waals surface area contributed by atoms with Crippen molar-refractivity contribution < 1.29 is 19.6 Å². The van der Waals surface area contributed by atoms with Crippen LogP contribution in [0.2, 0.25) is 0 Å². The van der Waals surface area contributed by atoms with E-state index in [0.717, 1.165) is 6.07 Å². The largest absolute Gasteiger partial charge is 0.477 e. The van der Waals surface area contributed by atoms with Gasteiger partial charge >= 0.3 is 5.97 Å².